The molecule has 0 aliphatic rings. The Morgan fingerprint density at radius 1 is 0.368 bits per heavy atom. The molecule has 0 radical (unpaired) electrons. The molecule has 0 aliphatic carbocycles. The van der Waals surface area contributed by atoms with Crippen molar-refractivity contribution in [3.63, 3.8) is 0 Å². The summed E-state index contributed by atoms with van der Waals surface area (Å²) in [5, 5.41) is 50.8. The first-order valence-electron chi connectivity index (χ1n) is 2.57. The second-order valence-electron chi connectivity index (χ2n) is 0.548. The molecule has 0 fully saturated rings. The third-order valence-corrected chi connectivity index (χ3v) is 0. The molecule has 0 aromatic carbocycles. The topological polar surface area (TPSA) is 143 Å². The van der Waals surface area contributed by atoms with Crippen molar-refractivity contribution in [3.8, 4) is 32.4 Å². The predicted octanol–water partition coefficient (Wildman–Crippen LogP) is 0.0838. The standard InChI is InChI=1S/6CHNS.Zr/c6*2-1-3;/h6*3H;/q;;;;;;+2/p-6. The fraction of sp³-hybridized carbons (Fsp3) is 0. The fourth-order valence-corrected chi connectivity index (χ4v) is 0. The van der Waals surface area contributed by atoms with Gasteiger partial charge >= 0.3 is 26.2 Å². The summed E-state index contributed by atoms with van der Waals surface area (Å²) in [6.07, 6.45) is 0. The van der Waals surface area contributed by atoms with Crippen LogP contribution in [-0.4, -0.2) is 0 Å². The number of thiocyanates is 6. The number of hydrogen-bond acceptors (Lipinski definition) is 12. The Bertz CT molecular complexity index is 256. The molecular weight excluding hydrogens is 440 g/mol. The largest absolute Gasteiger partial charge is 2.00 e. The van der Waals surface area contributed by atoms with Crippen molar-refractivity contribution in [1.29, 1.82) is 31.6 Å². The predicted molar refractivity (Wildman–Crippen MR) is 77.9 cm³/mol. The Morgan fingerprint density at radius 2 is 0.368 bits per heavy atom. The van der Waals surface area contributed by atoms with Gasteiger partial charge in [0.1, 0.15) is 0 Å². The van der Waals surface area contributed by atoms with Gasteiger partial charge in [0.25, 0.3) is 0 Å². The van der Waals surface area contributed by atoms with Crippen molar-refractivity contribution in [2.24, 2.45) is 0 Å². The molecule has 0 amide bonds. The van der Waals surface area contributed by atoms with Gasteiger partial charge in [-0.3, -0.25) is 0 Å². The normalized spacial score (nSPS) is 2.21. The molecule has 0 saturated carbocycles. The number of hydrogen-bond donors (Lipinski definition) is 0. The van der Waals surface area contributed by atoms with Gasteiger partial charge in [0.15, 0.2) is 0 Å². The Kier molecular flexibility index (Phi) is 382. The van der Waals surface area contributed by atoms with Gasteiger partial charge in [0.2, 0.25) is 0 Å². The summed E-state index contributed by atoms with van der Waals surface area (Å²) in [6.45, 7) is 0. The molecule has 0 saturated heterocycles. The fourth-order valence-electron chi connectivity index (χ4n) is 0. The van der Waals surface area contributed by atoms with Crippen molar-refractivity contribution in [2.45, 2.75) is 0 Å². The maximum Gasteiger partial charge on any atom is 2.00 e. The van der Waals surface area contributed by atoms with Gasteiger partial charge in [-0.25, -0.2) is 31.6 Å². The van der Waals surface area contributed by atoms with Gasteiger partial charge in [-0.05, 0) is 0 Å². The van der Waals surface area contributed by atoms with E-state index in [1.54, 1.807) is 0 Å². The van der Waals surface area contributed by atoms with E-state index >= 15 is 0 Å². The third kappa shape index (κ3) is 5350. The summed E-state index contributed by atoms with van der Waals surface area (Å²) >= 11 is 22.2. The zero-order valence-corrected chi connectivity index (χ0v) is 16.0. The molecule has 0 spiro atoms. The van der Waals surface area contributed by atoms with Gasteiger partial charge in [-0.1, -0.05) is 32.4 Å². The Hall–Kier alpha value is -0.857. The first kappa shape index (κ1) is 42.9. The monoisotopic (exact) mass is 438 g/mol. The summed E-state index contributed by atoms with van der Waals surface area (Å²) in [4.78, 5) is 0. The minimum absolute atomic E-state index is 0. The minimum Gasteiger partial charge on any atom is -0.696 e. The summed E-state index contributed by atoms with van der Waals surface area (Å²) in [7, 11) is 0. The molecular formula is C6N6S6Zr-4. The Balaban J connectivity index is -0.0000000180. The quantitative estimate of drug-likeness (QED) is 0.372. The van der Waals surface area contributed by atoms with Crippen molar-refractivity contribution in [1.82, 2.24) is 0 Å². The molecule has 98 valence electrons. The van der Waals surface area contributed by atoms with Crippen molar-refractivity contribution in [3.05, 3.63) is 0 Å². The van der Waals surface area contributed by atoms with Crippen LogP contribution in [0.15, 0.2) is 0 Å². The van der Waals surface area contributed by atoms with Crippen LogP contribution in [0.2, 0.25) is 0 Å². The molecule has 0 unspecified atom stereocenters. The van der Waals surface area contributed by atoms with Crippen LogP contribution in [0.3, 0.4) is 0 Å². The number of nitrogens with zero attached hydrogens (tertiary/aromatic N) is 6. The van der Waals surface area contributed by atoms with E-state index in [1.165, 1.54) is 32.4 Å². The van der Waals surface area contributed by atoms with E-state index in [-0.39, 0.29) is 26.2 Å². The van der Waals surface area contributed by atoms with Gasteiger partial charge in [-0.2, -0.15) is 0 Å². The zero-order chi connectivity index (χ0) is 16.2. The van der Waals surface area contributed by atoms with E-state index in [2.05, 4.69) is 75.8 Å². The van der Waals surface area contributed by atoms with Gasteiger partial charge in [0, 0.05) is 0 Å². The summed E-state index contributed by atoms with van der Waals surface area (Å²) in [5.41, 5.74) is 0. The Labute approximate surface area is 164 Å². The second kappa shape index (κ2) is 169. The van der Waals surface area contributed by atoms with E-state index < -0.39 is 0 Å². The molecule has 6 nitrogen and oxygen atoms in total. The van der Waals surface area contributed by atoms with E-state index in [9.17, 15) is 0 Å². The summed E-state index contributed by atoms with van der Waals surface area (Å²) in [5.74, 6) is 0. The van der Waals surface area contributed by atoms with Crippen LogP contribution in [0.1, 0.15) is 0 Å². The molecule has 0 aromatic rings. The van der Waals surface area contributed by atoms with Gasteiger partial charge in [-0.15, -0.1) is 0 Å². The summed E-state index contributed by atoms with van der Waals surface area (Å²) < 4.78 is 0. The van der Waals surface area contributed by atoms with Crippen LogP contribution in [0.5, 0.6) is 0 Å². The number of nitriles is 6. The van der Waals surface area contributed by atoms with Crippen molar-refractivity contribution >= 4 is 75.8 Å². The van der Waals surface area contributed by atoms with E-state index in [0.29, 0.717) is 0 Å². The molecule has 0 atom stereocenters. The van der Waals surface area contributed by atoms with Crippen LogP contribution < -0.4 is 0 Å². The van der Waals surface area contributed by atoms with Crippen LogP contribution in [0, 0.1) is 64.0 Å². The first-order chi connectivity index (χ1) is 8.49. The first-order valence-corrected chi connectivity index (χ1v) is 5.02. The average molecular weight is 440 g/mol. The average Bonchev–Trinajstić information content (AvgIpc) is 2.23. The van der Waals surface area contributed by atoms with Crippen LogP contribution in [0.25, 0.3) is 0 Å². The van der Waals surface area contributed by atoms with Crippen molar-refractivity contribution in [2.75, 3.05) is 0 Å². The van der Waals surface area contributed by atoms with Crippen LogP contribution >= 0.6 is 0 Å². The molecule has 0 N–H and O–H groups in total. The molecule has 13 heteroatoms. The SMILES string of the molecule is N#C[S-].N#C[S-].N#C[S-].N#C[S-].N#C[S-].N#C[S-].[Zr+2]. The van der Waals surface area contributed by atoms with E-state index in [1.807, 2.05) is 0 Å². The smallest absolute Gasteiger partial charge is 0.696 e. The maximum absolute atomic E-state index is 7.13. The van der Waals surface area contributed by atoms with Crippen molar-refractivity contribution < 1.29 is 26.2 Å². The minimum atomic E-state index is 0. The van der Waals surface area contributed by atoms with Crippen LogP contribution in [-0.2, 0) is 102 Å². The second-order valence-corrected chi connectivity index (χ2v) is 1.64. The van der Waals surface area contributed by atoms with E-state index in [4.69, 9.17) is 31.6 Å². The maximum atomic E-state index is 7.13. The Morgan fingerprint density at radius 3 is 0.368 bits per heavy atom. The summed E-state index contributed by atoms with van der Waals surface area (Å²) in [6, 6.07) is 0. The third-order valence-electron chi connectivity index (χ3n) is 0. The molecule has 0 aliphatic heterocycles. The van der Waals surface area contributed by atoms with Gasteiger partial charge < -0.3 is 75.8 Å². The molecule has 0 rings (SSSR count). The molecule has 0 aromatic heterocycles. The van der Waals surface area contributed by atoms with Gasteiger partial charge in [0.05, 0.1) is 0 Å². The van der Waals surface area contributed by atoms with Crippen LogP contribution in [0.4, 0.5) is 0 Å². The molecule has 0 bridgehead atoms. The molecule has 19 heavy (non-hydrogen) atoms. The zero-order valence-electron chi connectivity index (χ0n) is 8.63. The molecule has 0 heterocycles. The van der Waals surface area contributed by atoms with E-state index in [0.717, 1.165) is 0 Å². The number of rotatable bonds is 0.